The van der Waals surface area contributed by atoms with Crippen molar-refractivity contribution >= 4 is 17.8 Å². The van der Waals surface area contributed by atoms with Crippen LogP contribution in [0.5, 0.6) is 0 Å². The number of nitrogens with zero attached hydrogens (tertiary/aromatic N) is 1. The van der Waals surface area contributed by atoms with Crippen LogP contribution in [0, 0.1) is 5.82 Å². The summed E-state index contributed by atoms with van der Waals surface area (Å²) in [5, 5.41) is 0. The van der Waals surface area contributed by atoms with Crippen LogP contribution in [0.4, 0.5) is 4.39 Å². The smallest absolute Gasteiger partial charge is 0.328 e. The van der Waals surface area contributed by atoms with Gasteiger partial charge < -0.3 is 14.4 Å². The van der Waals surface area contributed by atoms with E-state index in [-0.39, 0.29) is 13.0 Å². The number of rotatable bonds is 5. The summed E-state index contributed by atoms with van der Waals surface area (Å²) >= 11 is 0. The largest absolute Gasteiger partial charge is 0.467 e. The van der Waals surface area contributed by atoms with Crippen molar-refractivity contribution in [2.24, 2.45) is 0 Å². The monoisotopic (exact) mass is 385 g/mol. The van der Waals surface area contributed by atoms with Crippen molar-refractivity contribution < 1.29 is 28.2 Å². The maximum atomic E-state index is 12.9. The molecule has 1 atom stereocenters. The first kappa shape index (κ1) is 19.5. The highest BCUT2D eigenvalue weighted by Gasteiger charge is 2.35. The number of hydrogen-bond acceptors (Lipinski definition) is 5. The first-order valence-corrected chi connectivity index (χ1v) is 8.82. The number of ether oxygens (including phenoxy) is 2. The summed E-state index contributed by atoms with van der Waals surface area (Å²) in [5.74, 6) is -1.99. The van der Waals surface area contributed by atoms with E-state index in [0.717, 1.165) is 11.1 Å². The van der Waals surface area contributed by atoms with Gasteiger partial charge >= 0.3 is 11.9 Å². The fourth-order valence-corrected chi connectivity index (χ4v) is 3.18. The Bertz CT molecular complexity index is 881. The Hall–Kier alpha value is -3.22. The van der Waals surface area contributed by atoms with E-state index >= 15 is 0 Å². The maximum absolute atomic E-state index is 12.9. The lowest BCUT2D eigenvalue weighted by molar-refractivity contribution is -0.159. The third-order valence-electron chi connectivity index (χ3n) is 4.66. The molecule has 0 unspecified atom stereocenters. The number of carbonyl (C=O) groups excluding carboxylic acids is 3. The molecule has 0 fully saturated rings. The molecule has 0 aliphatic carbocycles. The summed E-state index contributed by atoms with van der Waals surface area (Å²) in [7, 11) is 1.27. The van der Waals surface area contributed by atoms with Crippen molar-refractivity contribution in [3.05, 3.63) is 71.0 Å². The number of fused-ring (bicyclic) bond motifs is 1. The van der Waals surface area contributed by atoms with Gasteiger partial charge in [0.1, 0.15) is 11.9 Å². The second-order valence-corrected chi connectivity index (χ2v) is 6.50. The van der Waals surface area contributed by atoms with Gasteiger partial charge in [0.15, 0.2) is 6.61 Å². The van der Waals surface area contributed by atoms with E-state index < -0.39 is 36.3 Å². The minimum absolute atomic E-state index is 0.0726. The molecule has 1 amide bonds. The van der Waals surface area contributed by atoms with E-state index in [0.29, 0.717) is 12.0 Å². The zero-order valence-corrected chi connectivity index (χ0v) is 15.4. The molecule has 1 heterocycles. The third kappa shape index (κ3) is 4.54. The molecule has 0 radical (unpaired) electrons. The predicted octanol–water partition coefficient (Wildman–Crippen LogP) is 2.04. The van der Waals surface area contributed by atoms with Crippen molar-refractivity contribution in [3.63, 3.8) is 0 Å². The molecule has 0 aromatic heterocycles. The molecule has 2 aromatic carbocycles. The van der Waals surface area contributed by atoms with Crippen LogP contribution >= 0.6 is 0 Å². The number of methoxy groups -OCH3 is 1. The Labute approximate surface area is 161 Å². The molecule has 1 aliphatic rings. The zero-order chi connectivity index (χ0) is 20.1. The molecule has 28 heavy (non-hydrogen) atoms. The van der Waals surface area contributed by atoms with Gasteiger partial charge in [-0.1, -0.05) is 36.4 Å². The van der Waals surface area contributed by atoms with E-state index in [1.165, 1.54) is 36.3 Å². The van der Waals surface area contributed by atoms with Crippen molar-refractivity contribution in [2.45, 2.75) is 25.4 Å². The second-order valence-electron chi connectivity index (χ2n) is 6.50. The summed E-state index contributed by atoms with van der Waals surface area (Å²) in [6, 6.07) is 12.2. The Morgan fingerprint density at radius 2 is 1.75 bits per heavy atom. The SMILES string of the molecule is COC(=O)[C@@H]1Cc2ccccc2CN1C(=O)COC(=O)Cc1ccc(F)cc1. The topological polar surface area (TPSA) is 72.9 Å². The van der Waals surface area contributed by atoms with Gasteiger partial charge in [-0.3, -0.25) is 9.59 Å². The van der Waals surface area contributed by atoms with Crippen LogP contribution in [0.1, 0.15) is 16.7 Å². The Kier molecular flexibility index (Phi) is 6.03. The Morgan fingerprint density at radius 1 is 1.07 bits per heavy atom. The molecular weight excluding hydrogens is 365 g/mol. The van der Waals surface area contributed by atoms with Gasteiger partial charge in [0.25, 0.3) is 5.91 Å². The van der Waals surface area contributed by atoms with Crippen molar-refractivity contribution in [3.8, 4) is 0 Å². The Balaban J connectivity index is 1.63. The number of esters is 2. The fraction of sp³-hybridized carbons (Fsp3) is 0.286. The van der Waals surface area contributed by atoms with Crippen LogP contribution in [0.3, 0.4) is 0 Å². The summed E-state index contributed by atoms with van der Waals surface area (Å²) in [6.45, 7) is -0.236. The van der Waals surface area contributed by atoms with Crippen molar-refractivity contribution in [1.29, 1.82) is 0 Å². The predicted molar refractivity (Wildman–Crippen MR) is 97.6 cm³/mol. The highest BCUT2D eigenvalue weighted by atomic mass is 19.1. The van der Waals surface area contributed by atoms with Crippen LogP contribution in [0.25, 0.3) is 0 Å². The number of amides is 1. The highest BCUT2D eigenvalue weighted by molar-refractivity contribution is 5.87. The lowest BCUT2D eigenvalue weighted by Crippen LogP contribution is -2.50. The molecule has 146 valence electrons. The average Bonchev–Trinajstić information content (AvgIpc) is 2.72. The van der Waals surface area contributed by atoms with E-state index in [1.54, 1.807) is 0 Å². The average molecular weight is 385 g/mol. The number of benzene rings is 2. The Morgan fingerprint density at radius 3 is 2.43 bits per heavy atom. The first-order chi connectivity index (χ1) is 13.5. The van der Waals surface area contributed by atoms with Gasteiger partial charge in [-0.2, -0.15) is 0 Å². The zero-order valence-electron chi connectivity index (χ0n) is 15.4. The third-order valence-corrected chi connectivity index (χ3v) is 4.66. The molecular formula is C21H20FNO5. The van der Waals surface area contributed by atoms with Crippen LogP contribution < -0.4 is 0 Å². The lowest BCUT2D eigenvalue weighted by atomic mass is 9.94. The maximum Gasteiger partial charge on any atom is 0.328 e. The van der Waals surface area contributed by atoms with Crippen LogP contribution in [-0.2, 0) is 43.2 Å². The fourth-order valence-electron chi connectivity index (χ4n) is 3.18. The summed E-state index contributed by atoms with van der Waals surface area (Å²) < 4.78 is 22.8. The van der Waals surface area contributed by atoms with Gasteiger partial charge in [0.05, 0.1) is 13.5 Å². The molecule has 0 saturated carbocycles. The molecule has 2 aromatic rings. The van der Waals surface area contributed by atoms with E-state index in [4.69, 9.17) is 9.47 Å². The normalized spacial score (nSPS) is 15.5. The van der Waals surface area contributed by atoms with Crippen molar-refractivity contribution in [1.82, 2.24) is 4.90 Å². The highest BCUT2D eigenvalue weighted by Crippen LogP contribution is 2.24. The van der Waals surface area contributed by atoms with Gasteiger partial charge in [-0.15, -0.1) is 0 Å². The van der Waals surface area contributed by atoms with Crippen molar-refractivity contribution in [2.75, 3.05) is 13.7 Å². The number of hydrogen-bond donors (Lipinski definition) is 0. The molecule has 0 N–H and O–H groups in total. The van der Waals surface area contributed by atoms with Gasteiger partial charge in [0, 0.05) is 13.0 Å². The van der Waals surface area contributed by atoms with Crippen LogP contribution in [0.15, 0.2) is 48.5 Å². The van der Waals surface area contributed by atoms with Crippen LogP contribution in [0.2, 0.25) is 0 Å². The molecule has 0 spiro atoms. The van der Waals surface area contributed by atoms with Crippen LogP contribution in [-0.4, -0.2) is 42.5 Å². The van der Waals surface area contributed by atoms with Gasteiger partial charge in [-0.25, -0.2) is 9.18 Å². The number of halogens is 1. The molecule has 1 aliphatic heterocycles. The molecule has 7 heteroatoms. The molecule has 0 saturated heterocycles. The summed E-state index contributed by atoms with van der Waals surface area (Å²) in [5.41, 5.74) is 2.50. The lowest BCUT2D eigenvalue weighted by Gasteiger charge is -2.35. The number of carbonyl (C=O) groups is 3. The minimum atomic E-state index is -0.761. The quantitative estimate of drug-likeness (QED) is 0.737. The van der Waals surface area contributed by atoms with E-state index in [2.05, 4.69) is 0 Å². The molecule has 3 rings (SSSR count). The second kappa shape index (κ2) is 8.65. The summed E-state index contributed by atoms with van der Waals surface area (Å²) in [6.07, 6.45) is 0.273. The van der Waals surface area contributed by atoms with Gasteiger partial charge in [0.2, 0.25) is 0 Å². The molecule has 6 nitrogen and oxygen atoms in total. The van der Waals surface area contributed by atoms with Gasteiger partial charge in [-0.05, 0) is 28.8 Å². The standard InChI is InChI=1S/C21H20FNO5/c1-27-21(26)18-11-15-4-2-3-5-16(15)12-23(18)19(24)13-28-20(25)10-14-6-8-17(22)9-7-14/h2-9,18H,10-13H2,1H3/t18-/m0/s1. The van der Waals surface area contributed by atoms with E-state index in [1.807, 2.05) is 24.3 Å². The van der Waals surface area contributed by atoms with E-state index in [9.17, 15) is 18.8 Å². The first-order valence-electron chi connectivity index (χ1n) is 8.82. The summed E-state index contributed by atoms with van der Waals surface area (Å²) in [4.78, 5) is 38.1. The minimum Gasteiger partial charge on any atom is -0.467 e. The molecule has 0 bridgehead atoms.